The van der Waals surface area contributed by atoms with Gasteiger partial charge in [-0.3, -0.25) is 0 Å². The Morgan fingerprint density at radius 1 is 1.07 bits per heavy atom. The molecular weight excluding hydrogens is 358 g/mol. The third-order valence-electron chi connectivity index (χ3n) is 6.63. The van der Waals surface area contributed by atoms with E-state index in [-0.39, 0.29) is 29.2 Å². The molecule has 2 rings (SSSR count). The quantitative estimate of drug-likeness (QED) is 0.541. The van der Waals surface area contributed by atoms with Crippen LogP contribution in [0.5, 0.6) is 0 Å². The summed E-state index contributed by atoms with van der Waals surface area (Å²) in [6, 6.07) is 0.125. The molecule has 1 amide bonds. The van der Waals surface area contributed by atoms with Crippen molar-refractivity contribution in [2.75, 3.05) is 0 Å². The molecule has 2 fully saturated rings. The summed E-state index contributed by atoms with van der Waals surface area (Å²) >= 11 is 0. The second kappa shape index (κ2) is 7.86. The number of carbonyl (C=O) groups is 2. The second-order valence-corrected chi connectivity index (χ2v) is 15.7. The zero-order valence-corrected chi connectivity index (χ0v) is 19.4. The SMILES string of the molecule is CC(C)(C)OC(=O)NC1CC[C@@H]2[C@@H](C1)C[C@@H](O[Si](C)(C)C(C)(C)C)[C@H]2C=O. The van der Waals surface area contributed by atoms with Gasteiger partial charge in [-0.2, -0.15) is 0 Å². The topological polar surface area (TPSA) is 64.6 Å². The third-order valence-corrected chi connectivity index (χ3v) is 11.1. The van der Waals surface area contributed by atoms with Gasteiger partial charge in [0.1, 0.15) is 11.9 Å². The van der Waals surface area contributed by atoms with Crippen molar-refractivity contribution in [3.05, 3.63) is 0 Å². The number of nitrogens with one attached hydrogen (secondary N) is 1. The standard InChI is InChI=1S/C21H39NO4Si/c1-20(2,3)25-19(24)22-15-9-10-16-14(11-15)12-18(17(16)13-23)26-27(7,8)21(4,5)6/h13-18H,9-12H2,1-8H3,(H,22,24)/t14-,15?,16+,17-,18+/m0/s1. The van der Waals surface area contributed by atoms with Crippen LogP contribution < -0.4 is 5.32 Å². The first-order valence-corrected chi connectivity index (χ1v) is 13.3. The maximum Gasteiger partial charge on any atom is 0.407 e. The molecule has 1 unspecified atom stereocenters. The van der Waals surface area contributed by atoms with Crippen LogP contribution in [0.15, 0.2) is 0 Å². The first kappa shape index (κ1) is 22.4. The minimum absolute atomic E-state index is 0.00778. The van der Waals surface area contributed by atoms with Gasteiger partial charge >= 0.3 is 6.09 Å². The van der Waals surface area contributed by atoms with Gasteiger partial charge < -0.3 is 19.3 Å². The average molecular weight is 398 g/mol. The van der Waals surface area contributed by atoms with Crippen LogP contribution >= 0.6 is 0 Å². The minimum Gasteiger partial charge on any atom is -0.444 e. The molecule has 0 aliphatic heterocycles. The number of alkyl carbamates (subject to hydrolysis) is 1. The van der Waals surface area contributed by atoms with Gasteiger partial charge in [-0.1, -0.05) is 20.8 Å². The number of hydrogen-bond acceptors (Lipinski definition) is 4. The van der Waals surface area contributed by atoms with E-state index >= 15 is 0 Å². The molecule has 5 atom stereocenters. The normalized spacial score (nSPS) is 31.9. The van der Waals surface area contributed by atoms with Crippen molar-refractivity contribution in [2.45, 2.75) is 103 Å². The lowest BCUT2D eigenvalue weighted by Crippen LogP contribution is -2.45. The highest BCUT2D eigenvalue weighted by molar-refractivity contribution is 6.74. The smallest absolute Gasteiger partial charge is 0.407 e. The lowest BCUT2D eigenvalue weighted by molar-refractivity contribution is -0.114. The van der Waals surface area contributed by atoms with Crippen molar-refractivity contribution >= 4 is 20.7 Å². The lowest BCUT2D eigenvalue weighted by atomic mass is 9.76. The van der Waals surface area contributed by atoms with E-state index in [9.17, 15) is 9.59 Å². The Morgan fingerprint density at radius 3 is 2.22 bits per heavy atom. The fraction of sp³-hybridized carbons (Fsp3) is 0.905. The number of amides is 1. The highest BCUT2D eigenvalue weighted by Gasteiger charge is 2.50. The van der Waals surface area contributed by atoms with Crippen LogP contribution in [0, 0.1) is 17.8 Å². The average Bonchev–Trinajstić information content (AvgIpc) is 2.79. The van der Waals surface area contributed by atoms with E-state index in [1.165, 1.54) is 0 Å². The molecule has 2 aliphatic rings. The Morgan fingerprint density at radius 2 is 1.70 bits per heavy atom. The van der Waals surface area contributed by atoms with E-state index < -0.39 is 13.9 Å². The van der Waals surface area contributed by atoms with Crippen molar-refractivity contribution in [1.82, 2.24) is 5.32 Å². The molecule has 6 heteroatoms. The molecule has 0 spiro atoms. The molecule has 0 heterocycles. The molecule has 0 aromatic heterocycles. The van der Waals surface area contributed by atoms with Gasteiger partial charge in [0.25, 0.3) is 0 Å². The van der Waals surface area contributed by atoms with Gasteiger partial charge in [-0.25, -0.2) is 4.79 Å². The molecule has 0 bridgehead atoms. The van der Waals surface area contributed by atoms with Crippen LogP contribution in [0.25, 0.3) is 0 Å². The highest BCUT2D eigenvalue weighted by atomic mass is 28.4. The van der Waals surface area contributed by atoms with Crippen LogP contribution in [-0.4, -0.2) is 38.4 Å². The van der Waals surface area contributed by atoms with Crippen LogP contribution in [0.1, 0.15) is 67.2 Å². The summed E-state index contributed by atoms with van der Waals surface area (Å²) in [4.78, 5) is 24.0. The van der Waals surface area contributed by atoms with Gasteiger partial charge in [0.15, 0.2) is 8.32 Å². The lowest BCUT2D eigenvalue weighted by Gasteiger charge is -2.39. The molecule has 5 nitrogen and oxygen atoms in total. The molecule has 2 saturated carbocycles. The number of aldehydes is 1. The number of carbonyl (C=O) groups excluding carboxylic acids is 2. The summed E-state index contributed by atoms with van der Waals surface area (Å²) in [5.41, 5.74) is -0.487. The van der Waals surface area contributed by atoms with E-state index in [0.717, 1.165) is 32.0 Å². The van der Waals surface area contributed by atoms with E-state index in [2.05, 4.69) is 39.2 Å². The van der Waals surface area contributed by atoms with E-state index in [0.29, 0.717) is 11.8 Å². The molecular formula is C21H39NO4Si. The maximum atomic E-state index is 12.1. The van der Waals surface area contributed by atoms with Gasteiger partial charge in [0, 0.05) is 12.0 Å². The Labute approximate surface area is 166 Å². The Bertz CT molecular complexity index is 549. The number of hydrogen-bond donors (Lipinski definition) is 1. The molecule has 0 radical (unpaired) electrons. The van der Waals surface area contributed by atoms with Crippen LogP contribution in [0.2, 0.25) is 18.1 Å². The molecule has 2 aliphatic carbocycles. The van der Waals surface area contributed by atoms with Crippen molar-refractivity contribution in [3.63, 3.8) is 0 Å². The zero-order valence-electron chi connectivity index (χ0n) is 18.4. The first-order chi connectivity index (χ1) is 12.2. The van der Waals surface area contributed by atoms with E-state index in [1.54, 1.807) is 0 Å². The third kappa shape index (κ3) is 5.56. The Hall–Kier alpha value is -0.883. The van der Waals surface area contributed by atoms with Crippen LogP contribution in [-0.2, 0) is 14.0 Å². The van der Waals surface area contributed by atoms with Gasteiger partial charge in [-0.15, -0.1) is 0 Å². The summed E-state index contributed by atoms with van der Waals surface area (Å²) in [6.45, 7) is 16.8. The largest absolute Gasteiger partial charge is 0.444 e. The molecule has 0 aromatic carbocycles. The number of fused-ring (bicyclic) bond motifs is 1. The van der Waals surface area contributed by atoms with Crippen LogP contribution in [0.3, 0.4) is 0 Å². The number of ether oxygens (including phenoxy) is 1. The summed E-state index contributed by atoms with van der Waals surface area (Å²) in [5.74, 6) is 0.809. The molecule has 1 N–H and O–H groups in total. The molecule has 0 saturated heterocycles. The second-order valence-electron chi connectivity index (χ2n) is 10.9. The summed E-state index contributed by atoms with van der Waals surface area (Å²) in [6.07, 6.45) is 4.51. The minimum atomic E-state index is -1.91. The highest BCUT2D eigenvalue weighted by Crippen LogP contribution is 2.49. The van der Waals surface area contributed by atoms with Gasteiger partial charge in [0.2, 0.25) is 0 Å². The molecule has 0 aromatic rings. The number of rotatable bonds is 4. The molecule has 27 heavy (non-hydrogen) atoms. The monoisotopic (exact) mass is 397 g/mol. The van der Waals surface area contributed by atoms with Gasteiger partial charge in [-0.05, 0) is 76.4 Å². The Balaban J connectivity index is 2.00. The molecule has 156 valence electrons. The predicted molar refractivity (Wildman–Crippen MR) is 110 cm³/mol. The van der Waals surface area contributed by atoms with Crippen molar-refractivity contribution in [1.29, 1.82) is 0 Å². The van der Waals surface area contributed by atoms with Crippen LogP contribution in [0.4, 0.5) is 4.79 Å². The van der Waals surface area contributed by atoms with Crippen molar-refractivity contribution in [2.24, 2.45) is 17.8 Å². The predicted octanol–water partition coefficient (Wildman–Crippen LogP) is 4.91. The summed E-state index contributed by atoms with van der Waals surface area (Å²) in [5, 5.41) is 3.16. The first-order valence-electron chi connectivity index (χ1n) is 10.4. The summed E-state index contributed by atoms with van der Waals surface area (Å²) < 4.78 is 12.0. The Kier molecular flexibility index (Phi) is 6.52. The van der Waals surface area contributed by atoms with Crippen molar-refractivity contribution < 1.29 is 18.8 Å². The fourth-order valence-corrected chi connectivity index (χ4v) is 5.64. The van der Waals surface area contributed by atoms with Crippen molar-refractivity contribution in [3.8, 4) is 0 Å². The summed E-state index contributed by atoms with van der Waals surface area (Å²) in [7, 11) is -1.91. The van der Waals surface area contributed by atoms with E-state index in [4.69, 9.17) is 9.16 Å². The van der Waals surface area contributed by atoms with Gasteiger partial charge in [0.05, 0.1) is 6.10 Å². The van der Waals surface area contributed by atoms with E-state index in [1.807, 2.05) is 20.8 Å². The zero-order chi connectivity index (χ0) is 20.6. The maximum absolute atomic E-state index is 12.1. The fourth-order valence-electron chi connectivity index (χ4n) is 4.27.